The van der Waals surface area contributed by atoms with E-state index < -0.39 is 23.6 Å². The van der Waals surface area contributed by atoms with E-state index in [-0.39, 0.29) is 23.5 Å². The Balaban J connectivity index is 1.43. The van der Waals surface area contributed by atoms with Gasteiger partial charge in [0.1, 0.15) is 5.01 Å². The van der Waals surface area contributed by atoms with Gasteiger partial charge in [-0.05, 0) is 30.3 Å². The summed E-state index contributed by atoms with van der Waals surface area (Å²) in [6, 6.07) is 9.12. The fourth-order valence-corrected chi connectivity index (χ4v) is 3.96. The zero-order chi connectivity index (χ0) is 22.3. The molecular formula is C21H14F3N3O3S. The van der Waals surface area contributed by atoms with E-state index in [1.165, 1.54) is 48.7 Å². The van der Waals surface area contributed by atoms with Crippen molar-refractivity contribution in [1.82, 2.24) is 9.88 Å². The van der Waals surface area contributed by atoms with Crippen molar-refractivity contribution in [2.75, 3.05) is 12.4 Å². The van der Waals surface area contributed by atoms with E-state index >= 15 is 0 Å². The largest absolute Gasteiger partial charge is 0.416 e. The third kappa shape index (κ3) is 4.06. The fraction of sp³-hybridized carbons (Fsp3) is 0.143. The quantitative estimate of drug-likeness (QED) is 0.610. The first-order chi connectivity index (χ1) is 14.6. The van der Waals surface area contributed by atoms with E-state index in [1.54, 1.807) is 5.38 Å². The Labute approximate surface area is 178 Å². The summed E-state index contributed by atoms with van der Waals surface area (Å²) < 4.78 is 38.1. The predicted octanol–water partition coefficient (Wildman–Crippen LogP) is 4.24. The molecule has 0 saturated heterocycles. The number of alkyl halides is 3. The summed E-state index contributed by atoms with van der Waals surface area (Å²) in [5, 5.41) is 4.82. The van der Waals surface area contributed by atoms with E-state index in [2.05, 4.69) is 10.3 Å². The summed E-state index contributed by atoms with van der Waals surface area (Å²) in [5.41, 5.74) is 1.13. The number of aromatic nitrogens is 1. The molecule has 6 nitrogen and oxygen atoms in total. The van der Waals surface area contributed by atoms with E-state index in [1.807, 2.05) is 0 Å². The van der Waals surface area contributed by atoms with Crippen molar-refractivity contribution in [3.05, 3.63) is 70.2 Å². The van der Waals surface area contributed by atoms with Gasteiger partial charge in [-0.2, -0.15) is 13.2 Å². The monoisotopic (exact) mass is 445 g/mol. The van der Waals surface area contributed by atoms with Gasteiger partial charge in [0.2, 0.25) is 5.91 Å². The highest BCUT2D eigenvalue weighted by molar-refractivity contribution is 7.13. The number of anilines is 1. The van der Waals surface area contributed by atoms with Gasteiger partial charge in [-0.1, -0.05) is 12.1 Å². The number of hydrogen-bond acceptors (Lipinski definition) is 5. The molecule has 0 bridgehead atoms. The second-order valence-electron chi connectivity index (χ2n) is 6.87. The number of carbonyl (C=O) groups excluding carboxylic acids is 3. The number of thiazole rings is 1. The van der Waals surface area contributed by atoms with Crippen LogP contribution in [0.4, 0.5) is 18.9 Å². The van der Waals surface area contributed by atoms with Gasteiger partial charge in [0, 0.05) is 23.7 Å². The van der Waals surface area contributed by atoms with Crippen LogP contribution in [0.3, 0.4) is 0 Å². The molecule has 0 atom stereocenters. The summed E-state index contributed by atoms with van der Waals surface area (Å²) in [6.45, 7) is 0. The van der Waals surface area contributed by atoms with Gasteiger partial charge in [-0.15, -0.1) is 11.3 Å². The topological polar surface area (TPSA) is 79.4 Å². The maximum absolute atomic E-state index is 12.7. The van der Waals surface area contributed by atoms with Crippen LogP contribution in [-0.2, 0) is 17.4 Å². The van der Waals surface area contributed by atoms with Gasteiger partial charge in [0.25, 0.3) is 11.8 Å². The highest BCUT2D eigenvalue weighted by Gasteiger charge is 2.33. The van der Waals surface area contributed by atoms with Gasteiger partial charge in [0.05, 0.1) is 28.8 Å². The highest BCUT2D eigenvalue weighted by atomic mass is 32.1. The Hall–Kier alpha value is -3.53. The molecule has 1 N–H and O–H groups in total. The third-order valence-electron chi connectivity index (χ3n) is 4.73. The number of nitrogens with one attached hydrogen (secondary N) is 1. The van der Waals surface area contributed by atoms with Crippen LogP contribution in [0.2, 0.25) is 0 Å². The van der Waals surface area contributed by atoms with Crippen molar-refractivity contribution < 1.29 is 27.6 Å². The standard InChI is InChI=1S/C21H14F3N3O3S/c1-27-19(29)15-7-6-13(8-16(15)20(27)30)25-17(28)9-14-10-31-18(26-14)11-2-4-12(5-3-11)21(22,23)24/h2-8,10H,9H2,1H3,(H,25,28). The Morgan fingerprint density at radius 1 is 1.06 bits per heavy atom. The molecule has 3 aromatic rings. The van der Waals surface area contributed by atoms with Crippen molar-refractivity contribution >= 4 is 34.7 Å². The van der Waals surface area contributed by atoms with Gasteiger partial charge in [-0.25, -0.2) is 4.98 Å². The van der Waals surface area contributed by atoms with Crippen molar-refractivity contribution in [2.45, 2.75) is 12.6 Å². The summed E-state index contributed by atoms with van der Waals surface area (Å²) in [5.74, 6) is -1.21. The third-order valence-corrected chi connectivity index (χ3v) is 5.67. The van der Waals surface area contributed by atoms with Gasteiger partial charge >= 0.3 is 6.18 Å². The second-order valence-corrected chi connectivity index (χ2v) is 7.73. The van der Waals surface area contributed by atoms with Crippen molar-refractivity contribution in [3.63, 3.8) is 0 Å². The Morgan fingerprint density at radius 2 is 1.74 bits per heavy atom. The van der Waals surface area contributed by atoms with Crippen LogP contribution in [-0.4, -0.2) is 34.7 Å². The second kappa shape index (κ2) is 7.62. The number of benzene rings is 2. The van der Waals surface area contributed by atoms with Gasteiger partial charge in [0.15, 0.2) is 0 Å². The maximum Gasteiger partial charge on any atom is 0.416 e. The summed E-state index contributed by atoms with van der Waals surface area (Å²) in [4.78, 5) is 41.7. The Morgan fingerprint density at radius 3 is 2.42 bits per heavy atom. The number of carbonyl (C=O) groups is 3. The lowest BCUT2D eigenvalue weighted by molar-refractivity contribution is -0.137. The number of rotatable bonds is 4. The first-order valence-electron chi connectivity index (χ1n) is 9.02. The SMILES string of the molecule is CN1C(=O)c2ccc(NC(=O)Cc3csc(-c4ccc(C(F)(F)F)cc4)n3)cc2C1=O. The number of imide groups is 1. The normalized spacial score (nSPS) is 13.5. The molecule has 158 valence electrons. The zero-order valence-electron chi connectivity index (χ0n) is 16.0. The lowest BCUT2D eigenvalue weighted by atomic mass is 10.1. The Kier molecular flexibility index (Phi) is 5.10. The number of amides is 3. The van der Waals surface area contributed by atoms with Crippen LogP contribution >= 0.6 is 11.3 Å². The lowest BCUT2D eigenvalue weighted by Crippen LogP contribution is -2.24. The molecule has 0 spiro atoms. The van der Waals surface area contributed by atoms with E-state index in [4.69, 9.17) is 0 Å². The van der Waals surface area contributed by atoms with Crippen LogP contribution in [0.15, 0.2) is 47.8 Å². The molecule has 31 heavy (non-hydrogen) atoms. The van der Waals surface area contributed by atoms with E-state index in [9.17, 15) is 27.6 Å². The smallest absolute Gasteiger partial charge is 0.326 e. The summed E-state index contributed by atoms with van der Waals surface area (Å²) >= 11 is 1.22. The molecule has 4 rings (SSSR count). The zero-order valence-corrected chi connectivity index (χ0v) is 16.8. The molecule has 0 fully saturated rings. The maximum atomic E-state index is 12.7. The Bertz CT molecular complexity index is 1200. The van der Waals surface area contributed by atoms with Gasteiger partial charge < -0.3 is 5.32 Å². The van der Waals surface area contributed by atoms with Crippen LogP contribution in [0.5, 0.6) is 0 Å². The average Bonchev–Trinajstić information content (AvgIpc) is 3.27. The van der Waals surface area contributed by atoms with Crippen molar-refractivity contribution in [3.8, 4) is 10.6 Å². The van der Waals surface area contributed by atoms with Gasteiger partial charge in [-0.3, -0.25) is 19.3 Å². The molecule has 1 aliphatic rings. The lowest BCUT2D eigenvalue weighted by Gasteiger charge is -2.06. The minimum atomic E-state index is -4.41. The molecule has 2 aromatic carbocycles. The van der Waals surface area contributed by atoms with E-state index in [0.717, 1.165) is 17.0 Å². The number of hydrogen-bond donors (Lipinski definition) is 1. The predicted molar refractivity (Wildman–Crippen MR) is 108 cm³/mol. The molecule has 1 aliphatic heterocycles. The van der Waals surface area contributed by atoms with Crippen LogP contribution in [0, 0.1) is 0 Å². The van der Waals surface area contributed by atoms with Crippen LogP contribution in [0.25, 0.3) is 10.6 Å². The number of halogens is 3. The number of fused-ring (bicyclic) bond motifs is 1. The molecular weight excluding hydrogens is 431 g/mol. The van der Waals surface area contributed by atoms with Crippen LogP contribution in [0.1, 0.15) is 32.0 Å². The van der Waals surface area contributed by atoms with Crippen molar-refractivity contribution in [2.24, 2.45) is 0 Å². The molecule has 1 aromatic heterocycles. The molecule has 0 saturated carbocycles. The first-order valence-corrected chi connectivity index (χ1v) is 9.90. The number of nitrogens with zero attached hydrogens (tertiary/aromatic N) is 2. The molecule has 10 heteroatoms. The minimum absolute atomic E-state index is 0.0546. The average molecular weight is 445 g/mol. The minimum Gasteiger partial charge on any atom is -0.326 e. The molecule has 0 aliphatic carbocycles. The molecule has 2 heterocycles. The molecule has 3 amide bonds. The first kappa shape index (κ1) is 20.7. The summed E-state index contributed by atoms with van der Waals surface area (Å²) in [6.07, 6.45) is -4.46. The van der Waals surface area contributed by atoms with E-state index in [0.29, 0.717) is 22.0 Å². The van der Waals surface area contributed by atoms with Crippen LogP contribution < -0.4 is 5.32 Å². The molecule has 0 unspecified atom stereocenters. The highest BCUT2D eigenvalue weighted by Crippen LogP contribution is 2.32. The molecule has 0 radical (unpaired) electrons. The summed E-state index contributed by atoms with van der Waals surface area (Å²) in [7, 11) is 1.39. The fourth-order valence-electron chi connectivity index (χ4n) is 3.13. The van der Waals surface area contributed by atoms with Crippen molar-refractivity contribution in [1.29, 1.82) is 0 Å².